The Bertz CT molecular complexity index is 388. The standard InChI is InChI=1S/C9H7IN2.HI/c10-7-3-4-8(11)9-6(7)2-1-5-12-9;/h1-5H,11H2;1H. The molecule has 0 aliphatic carbocycles. The lowest BCUT2D eigenvalue weighted by Crippen LogP contribution is -1.90. The van der Waals surface area contributed by atoms with Gasteiger partial charge >= 0.3 is 0 Å². The van der Waals surface area contributed by atoms with Gasteiger partial charge in [0.25, 0.3) is 0 Å². The first-order chi connectivity index (χ1) is 5.79. The van der Waals surface area contributed by atoms with Crippen molar-refractivity contribution in [2.24, 2.45) is 0 Å². The molecule has 2 nitrogen and oxygen atoms in total. The Kier molecular flexibility index (Phi) is 3.72. The van der Waals surface area contributed by atoms with Crippen molar-refractivity contribution < 1.29 is 0 Å². The number of fused-ring (bicyclic) bond motifs is 1. The van der Waals surface area contributed by atoms with Gasteiger partial charge in [-0.05, 0) is 40.8 Å². The molecule has 0 aliphatic heterocycles. The number of aromatic nitrogens is 1. The smallest absolute Gasteiger partial charge is 0.0941 e. The second kappa shape index (κ2) is 4.41. The van der Waals surface area contributed by atoms with E-state index in [1.54, 1.807) is 6.20 Å². The van der Waals surface area contributed by atoms with E-state index in [-0.39, 0.29) is 24.0 Å². The molecule has 0 bridgehead atoms. The van der Waals surface area contributed by atoms with Gasteiger partial charge in [0.15, 0.2) is 0 Å². The molecule has 1 aromatic carbocycles. The number of halogens is 2. The summed E-state index contributed by atoms with van der Waals surface area (Å²) in [4.78, 5) is 4.21. The van der Waals surface area contributed by atoms with Crippen LogP contribution in [-0.4, -0.2) is 4.98 Å². The van der Waals surface area contributed by atoms with E-state index in [2.05, 4.69) is 27.6 Å². The summed E-state index contributed by atoms with van der Waals surface area (Å²) in [5.41, 5.74) is 7.39. The third kappa shape index (κ3) is 2.04. The minimum Gasteiger partial charge on any atom is -0.397 e. The lowest BCUT2D eigenvalue weighted by Gasteiger charge is -2.01. The Hall–Kier alpha value is -0.110. The fourth-order valence-electron chi connectivity index (χ4n) is 1.16. The first-order valence-electron chi connectivity index (χ1n) is 3.58. The maximum absolute atomic E-state index is 5.76. The van der Waals surface area contributed by atoms with Crippen LogP contribution in [0.4, 0.5) is 5.69 Å². The summed E-state index contributed by atoms with van der Waals surface area (Å²) in [5, 5.41) is 1.12. The van der Waals surface area contributed by atoms with Crippen molar-refractivity contribution >= 4 is 63.2 Å². The average Bonchev–Trinajstić information content (AvgIpc) is 2.12. The number of nitrogen functional groups attached to an aromatic ring is 1. The van der Waals surface area contributed by atoms with E-state index in [9.17, 15) is 0 Å². The number of benzene rings is 1. The minimum atomic E-state index is 0. The molecule has 0 radical (unpaired) electrons. The van der Waals surface area contributed by atoms with Crippen LogP contribution in [0, 0.1) is 3.57 Å². The van der Waals surface area contributed by atoms with Crippen molar-refractivity contribution in [1.82, 2.24) is 4.98 Å². The molecule has 0 fully saturated rings. The number of rotatable bonds is 0. The highest BCUT2D eigenvalue weighted by Gasteiger charge is 2.00. The Labute approximate surface area is 107 Å². The van der Waals surface area contributed by atoms with Crippen LogP contribution in [0.5, 0.6) is 0 Å². The molecular formula is C9H8I2N2. The number of nitrogens with zero attached hydrogens (tertiary/aromatic N) is 1. The normalized spacial score (nSPS) is 9.62. The SMILES string of the molecule is I.Nc1ccc(I)c2cccnc12. The molecule has 1 heterocycles. The van der Waals surface area contributed by atoms with Gasteiger partial charge in [-0.3, -0.25) is 4.98 Å². The van der Waals surface area contributed by atoms with E-state index in [1.807, 2.05) is 24.3 Å². The van der Waals surface area contributed by atoms with Crippen molar-refractivity contribution in [1.29, 1.82) is 0 Å². The second-order valence-electron chi connectivity index (χ2n) is 2.54. The van der Waals surface area contributed by atoms with Crippen molar-refractivity contribution in [3.63, 3.8) is 0 Å². The number of pyridine rings is 1. The highest BCUT2D eigenvalue weighted by molar-refractivity contribution is 14.1. The van der Waals surface area contributed by atoms with Crippen LogP contribution in [0.15, 0.2) is 30.5 Å². The molecule has 1 aromatic heterocycles. The zero-order chi connectivity index (χ0) is 8.55. The molecule has 2 N–H and O–H groups in total. The quantitative estimate of drug-likeness (QED) is 0.548. The highest BCUT2D eigenvalue weighted by atomic mass is 127. The van der Waals surface area contributed by atoms with E-state index in [4.69, 9.17) is 5.73 Å². The molecule has 2 aromatic rings. The lowest BCUT2D eigenvalue weighted by atomic mass is 10.2. The van der Waals surface area contributed by atoms with Crippen LogP contribution in [0.25, 0.3) is 10.9 Å². The molecular weight excluding hydrogens is 390 g/mol. The number of hydrogen-bond donors (Lipinski definition) is 1. The van der Waals surface area contributed by atoms with Crippen LogP contribution in [0.1, 0.15) is 0 Å². The molecule has 2 rings (SSSR count). The monoisotopic (exact) mass is 398 g/mol. The maximum atomic E-state index is 5.76. The van der Waals surface area contributed by atoms with Crippen LogP contribution < -0.4 is 5.73 Å². The second-order valence-corrected chi connectivity index (χ2v) is 3.70. The van der Waals surface area contributed by atoms with Gasteiger partial charge in [0, 0.05) is 15.2 Å². The van der Waals surface area contributed by atoms with Gasteiger partial charge in [0.2, 0.25) is 0 Å². The molecule has 68 valence electrons. The van der Waals surface area contributed by atoms with Crippen molar-refractivity contribution in [3.8, 4) is 0 Å². The van der Waals surface area contributed by atoms with E-state index < -0.39 is 0 Å². The van der Waals surface area contributed by atoms with E-state index in [0.717, 1.165) is 16.6 Å². The van der Waals surface area contributed by atoms with Crippen LogP contribution in [0.2, 0.25) is 0 Å². The molecule has 4 heteroatoms. The summed E-state index contributed by atoms with van der Waals surface area (Å²) < 4.78 is 1.19. The molecule has 0 saturated heterocycles. The summed E-state index contributed by atoms with van der Waals surface area (Å²) >= 11 is 2.28. The largest absolute Gasteiger partial charge is 0.397 e. The summed E-state index contributed by atoms with van der Waals surface area (Å²) in [7, 11) is 0. The van der Waals surface area contributed by atoms with Gasteiger partial charge in [0.05, 0.1) is 11.2 Å². The fourth-order valence-corrected chi connectivity index (χ4v) is 1.77. The first-order valence-corrected chi connectivity index (χ1v) is 4.65. The topological polar surface area (TPSA) is 38.9 Å². The van der Waals surface area contributed by atoms with Crippen molar-refractivity contribution in [2.45, 2.75) is 0 Å². The van der Waals surface area contributed by atoms with E-state index in [0.29, 0.717) is 0 Å². The Balaban J connectivity index is 0.000000845. The van der Waals surface area contributed by atoms with Crippen LogP contribution >= 0.6 is 46.6 Å². The highest BCUT2D eigenvalue weighted by Crippen LogP contribution is 2.23. The molecule has 0 spiro atoms. The Morgan fingerprint density at radius 3 is 2.69 bits per heavy atom. The van der Waals surface area contributed by atoms with Crippen LogP contribution in [-0.2, 0) is 0 Å². The van der Waals surface area contributed by atoms with Crippen molar-refractivity contribution in [3.05, 3.63) is 34.0 Å². The summed E-state index contributed by atoms with van der Waals surface area (Å²) in [6.45, 7) is 0. The number of anilines is 1. The third-order valence-electron chi connectivity index (χ3n) is 1.75. The van der Waals surface area contributed by atoms with Crippen LogP contribution in [0.3, 0.4) is 0 Å². The van der Waals surface area contributed by atoms with E-state index >= 15 is 0 Å². The summed E-state index contributed by atoms with van der Waals surface area (Å²) in [6, 6.07) is 7.83. The molecule has 0 saturated carbocycles. The van der Waals surface area contributed by atoms with Gasteiger partial charge in [-0.15, -0.1) is 24.0 Å². The third-order valence-corrected chi connectivity index (χ3v) is 2.69. The average molecular weight is 398 g/mol. The van der Waals surface area contributed by atoms with Crippen molar-refractivity contribution in [2.75, 3.05) is 5.73 Å². The lowest BCUT2D eigenvalue weighted by molar-refractivity contribution is 1.41. The van der Waals surface area contributed by atoms with Gasteiger partial charge in [-0.2, -0.15) is 0 Å². The zero-order valence-corrected chi connectivity index (χ0v) is 11.2. The van der Waals surface area contributed by atoms with Gasteiger partial charge in [-0.25, -0.2) is 0 Å². The maximum Gasteiger partial charge on any atom is 0.0941 e. The van der Waals surface area contributed by atoms with Gasteiger partial charge in [-0.1, -0.05) is 6.07 Å². The first kappa shape index (κ1) is 11.0. The fraction of sp³-hybridized carbons (Fsp3) is 0. The Morgan fingerprint density at radius 1 is 1.23 bits per heavy atom. The van der Waals surface area contributed by atoms with Gasteiger partial charge in [0.1, 0.15) is 0 Å². The molecule has 0 aliphatic rings. The predicted molar refractivity (Wildman–Crippen MR) is 74.3 cm³/mol. The Morgan fingerprint density at radius 2 is 2.00 bits per heavy atom. The number of nitrogens with two attached hydrogens (primary N) is 1. The summed E-state index contributed by atoms with van der Waals surface area (Å²) in [6.07, 6.45) is 1.76. The van der Waals surface area contributed by atoms with E-state index in [1.165, 1.54) is 3.57 Å². The zero-order valence-electron chi connectivity index (χ0n) is 6.70. The van der Waals surface area contributed by atoms with Gasteiger partial charge < -0.3 is 5.73 Å². The summed E-state index contributed by atoms with van der Waals surface area (Å²) in [5.74, 6) is 0. The molecule has 0 unspecified atom stereocenters. The molecule has 0 amide bonds. The molecule has 13 heavy (non-hydrogen) atoms. The number of hydrogen-bond acceptors (Lipinski definition) is 2. The minimum absolute atomic E-state index is 0. The molecule has 0 atom stereocenters. The predicted octanol–water partition coefficient (Wildman–Crippen LogP) is 3.04.